The number of halogens is 1. The van der Waals surface area contributed by atoms with Crippen LogP contribution in [0.4, 0.5) is 4.39 Å². The molecule has 0 radical (unpaired) electrons. The van der Waals surface area contributed by atoms with E-state index >= 15 is 0 Å². The lowest BCUT2D eigenvalue weighted by atomic mass is 9.97. The summed E-state index contributed by atoms with van der Waals surface area (Å²) in [5.74, 6) is -1.02. The molecule has 2 N–H and O–H groups in total. The molecule has 0 aliphatic carbocycles. The van der Waals surface area contributed by atoms with Gasteiger partial charge in [-0.1, -0.05) is 23.9 Å². The summed E-state index contributed by atoms with van der Waals surface area (Å²) in [6, 6.07) is 5.02. The third-order valence-electron chi connectivity index (χ3n) is 2.95. The molecule has 0 amide bonds. The summed E-state index contributed by atoms with van der Waals surface area (Å²) < 4.78 is 18.0. The van der Waals surface area contributed by atoms with Crippen LogP contribution in [0.2, 0.25) is 0 Å². The van der Waals surface area contributed by atoms with E-state index in [-0.39, 0.29) is 11.4 Å². The van der Waals surface area contributed by atoms with E-state index in [0.717, 1.165) is 0 Å². The number of nitrogens with one attached hydrogen (secondary N) is 1. The molecular formula is C14H15FN2O3S. The van der Waals surface area contributed by atoms with Gasteiger partial charge in [0.05, 0.1) is 11.5 Å². The number of methoxy groups -OCH3 is 1. The minimum Gasteiger partial charge on any atom is -0.478 e. The zero-order valence-electron chi connectivity index (χ0n) is 11.6. The average Bonchev–Trinajstić information content (AvgIpc) is 2.44. The van der Waals surface area contributed by atoms with E-state index in [1.165, 1.54) is 23.9 Å². The quantitative estimate of drug-likeness (QED) is 0.836. The van der Waals surface area contributed by atoms with Crippen molar-refractivity contribution in [2.75, 3.05) is 13.0 Å². The molecule has 0 saturated carbocycles. The second kappa shape index (κ2) is 6.73. The van der Waals surface area contributed by atoms with E-state index in [2.05, 4.69) is 10.3 Å². The highest BCUT2D eigenvalue weighted by molar-refractivity contribution is 8.13. The maximum absolute atomic E-state index is 13.0. The number of thioether (sulfide) groups is 1. The number of carboxylic acid groups (broad SMARTS) is 1. The Kier molecular flexibility index (Phi) is 4.98. The maximum atomic E-state index is 13.0. The van der Waals surface area contributed by atoms with Gasteiger partial charge < -0.3 is 15.2 Å². The van der Waals surface area contributed by atoms with Gasteiger partial charge in [0.15, 0.2) is 5.17 Å². The first-order chi connectivity index (χ1) is 10.0. The summed E-state index contributed by atoms with van der Waals surface area (Å²) in [5, 5.41) is 12.9. The van der Waals surface area contributed by atoms with Crippen molar-refractivity contribution >= 4 is 22.9 Å². The highest BCUT2D eigenvalue weighted by atomic mass is 32.2. The number of aliphatic imine (C=N–C) groups is 1. The maximum Gasteiger partial charge on any atom is 0.335 e. The van der Waals surface area contributed by atoms with Crippen molar-refractivity contribution in [3.05, 3.63) is 46.9 Å². The van der Waals surface area contributed by atoms with Crippen molar-refractivity contribution in [2.24, 2.45) is 4.99 Å². The molecular weight excluding hydrogens is 295 g/mol. The fourth-order valence-corrected chi connectivity index (χ4v) is 2.63. The van der Waals surface area contributed by atoms with Crippen LogP contribution in [0.15, 0.2) is 40.5 Å². The highest BCUT2D eigenvalue weighted by Gasteiger charge is 2.29. The summed E-state index contributed by atoms with van der Waals surface area (Å²) in [4.78, 5) is 15.9. The molecule has 5 nitrogen and oxygen atoms in total. The van der Waals surface area contributed by atoms with Gasteiger partial charge in [-0.25, -0.2) is 14.2 Å². The Bertz CT molecular complexity index is 599. The molecule has 112 valence electrons. The number of hydrogen-bond donors (Lipinski definition) is 2. The van der Waals surface area contributed by atoms with E-state index in [1.54, 1.807) is 26.2 Å². The average molecular weight is 310 g/mol. The lowest BCUT2D eigenvalue weighted by molar-refractivity contribution is -0.133. The summed E-state index contributed by atoms with van der Waals surface area (Å²) in [7, 11) is 1.57. The SMILES string of the molecule is COCSC1=NC(c2ccc(F)cc2)C(C(=O)O)=C(C)N1. The van der Waals surface area contributed by atoms with Gasteiger partial charge in [-0.15, -0.1) is 0 Å². The summed E-state index contributed by atoms with van der Waals surface area (Å²) in [6.45, 7) is 1.68. The van der Waals surface area contributed by atoms with E-state index in [4.69, 9.17) is 4.74 Å². The first-order valence-electron chi connectivity index (χ1n) is 6.19. The predicted molar refractivity (Wildman–Crippen MR) is 79.5 cm³/mol. The van der Waals surface area contributed by atoms with E-state index in [0.29, 0.717) is 22.4 Å². The van der Waals surface area contributed by atoms with Crippen LogP contribution in [0.3, 0.4) is 0 Å². The molecule has 0 bridgehead atoms. The van der Waals surface area contributed by atoms with Gasteiger partial charge in [-0.05, 0) is 24.6 Å². The van der Waals surface area contributed by atoms with E-state index < -0.39 is 12.0 Å². The van der Waals surface area contributed by atoms with Crippen molar-refractivity contribution in [3.63, 3.8) is 0 Å². The van der Waals surface area contributed by atoms with Crippen molar-refractivity contribution < 1.29 is 19.0 Å². The fourth-order valence-electron chi connectivity index (χ4n) is 2.00. The van der Waals surface area contributed by atoms with E-state index in [9.17, 15) is 14.3 Å². The monoisotopic (exact) mass is 310 g/mol. The fraction of sp³-hybridized carbons (Fsp3) is 0.286. The number of hydrogen-bond acceptors (Lipinski definition) is 5. The number of allylic oxidation sites excluding steroid dienone is 1. The van der Waals surface area contributed by atoms with Crippen molar-refractivity contribution in [1.82, 2.24) is 5.32 Å². The predicted octanol–water partition coefficient (Wildman–Crippen LogP) is 2.52. The van der Waals surface area contributed by atoms with Crippen LogP contribution in [0.1, 0.15) is 18.5 Å². The van der Waals surface area contributed by atoms with Gasteiger partial charge in [0.1, 0.15) is 11.9 Å². The smallest absolute Gasteiger partial charge is 0.335 e. The Hall–Kier alpha value is -1.86. The zero-order chi connectivity index (χ0) is 15.4. The Morgan fingerprint density at radius 3 is 2.71 bits per heavy atom. The van der Waals surface area contributed by atoms with Gasteiger partial charge in [0, 0.05) is 12.8 Å². The lowest BCUT2D eigenvalue weighted by Crippen LogP contribution is -2.30. The van der Waals surface area contributed by atoms with Gasteiger partial charge in [-0.2, -0.15) is 0 Å². The van der Waals surface area contributed by atoms with Crippen LogP contribution in [-0.2, 0) is 9.53 Å². The molecule has 1 heterocycles. The molecule has 1 aliphatic rings. The molecule has 1 aromatic rings. The Morgan fingerprint density at radius 1 is 1.48 bits per heavy atom. The van der Waals surface area contributed by atoms with E-state index in [1.807, 2.05) is 0 Å². The first-order valence-corrected chi connectivity index (χ1v) is 7.17. The molecule has 1 atom stereocenters. The van der Waals surface area contributed by atoms with Crippen LogP contribution in [0.25, 0.3) is 0 Å². The van der Waals surface area contributed by atoms with Crippen molar-refractivity contribution in [2.45, 2.75) is 13.0 Å². The second-order valence-electron chi connectivity index (χ2n) is 4.41. The van der Waals surface area contributed by atoms with Gasteiger partial charge in [-0.3, -0.25) is 0 Å². The van der Waals surface area contributed by atoms with Crippen LogP contribution < -0.4 is 5.32 Å². The second-order valence-corrected chi connectivity index (χ2v) is 5.32. The number of benzene rings is 1. The molecule has 0 aromatic heterocycles. The van der Waals surface area contributed by atoms with Crippen molar-refractivity contribution in [3.8, 4) is 0 Å². The molecule has 0 spiro atoms. The Labute approximate surface area is 125 Å². The van der Waals surface area contributed by atoms with Crippen LogP contribution in [0, 0.1) is 5.82 Å². The van der Waals surface area contributed by atoms with Crippen LogP contribution in [0.5, 0.6) is 0 Å². The molecule has 21 heavy (non-hydrogen) atoms. The molecule has 2 rings (SSSR count). The topological polar surface area (TPSA) is 70.9 Å². The summed E-state index contributed by atoms with van der Waals surface area (Å²) in [6.07, 6.45) is 0. The normalized spacial score (nSPS) is 18.2. The first kappa shape index (κ1) is 15.5. The van der Waals surface area contributed by atoms with Gasteiger partial charge >= 0.3 is 5.97 Å². The number of nitrogens with zero attached hydrogens (tertiary/aromatic N) is 1. The van der Waals surface area contributed by atoms with Crippen LogP contribution in [-0.4, -0.2) is 29.3 Å². The minimum absolute atomic E-state index is 0.156. The van der Waals surface area contributed by atoms with Gasteiger partial charge in [0.25, 0.3) is 0 Å². The standard InChI is InChI=1S/C14H15FN2O3S/c1-8-11(13(18)19)12(9-3-5-10(15)6-4-9)17-14(16-8)21-7-20-2/h3-6,12H,7H2,1-2H3,(H,16,17)(H,18,19). The number of carbonyl (C=O) groups is 1. The van der Waals surface area contributed by atoms with Gasteiger partial charge in [0.2, 0.25) is 0 Å². The third-order valence-corrected chi connectivity index (χ3v) is 3.78. The van der Waals surface area contributed by atoms with Crippen LogP contribution >= 0.6 is 11.8 Å². The number of ether oxygens (including phenoxy) is 1. The molecule has 0 saturated heterocycles. The summed E-state index contributed by atoms with van der Waals surface area (Å²) in [5.41, 5.74) is 1.30. The summed E-state index contributed by atoms with van der Waals surface area (Å²) >= 11 is 1.33. The number of carboxylic acids is 1. The Morgan fingerprint density at radius 2 is 2.14 bits per heavy atom. The third kappa shape index (κ3) is 3.62. The largest absolute Gasteiger partial charge is 0.478 e. The molecule has 0 fully saturated rings. The molecule has 1 unspecified atom stereocenters. The molecule has 7 heteroatoms. The number of amidine groups is 1. The lowest BCUT2D eigenvalue weighted by Gasteiger charge is -2.24. The number of rotatable bonds is 4. The number of aliphatic carboxylic acids is 1. The molecule has 1 aliphatic heterocycles. The van der Waals surface area contributed by atoms with Crippen molar-refractivity contribution in [1.29, 1.82) is 0 Å². The highest BCUT2D eigenvalue weighted by Crippen LogP contribution is 2.32. The Balaban J connectivity index is 2.38. The minimum atomic E-state index is -1.05. The zero-order valence-corrected chi connectivity index (χ0v) is 12.4. The molecule has 1 aromatic carbocycles.